The van der Waals surface area contributed by atoms with Crippen molar-refractivity contribution in [3.63, 3.8) is 0 Å². The molecule has 0 radical (unpaired) electrons. The molecule has 0 heterocycles. The third kappa shape index (κ3) is 4.99. The summed E-state index contributed by atoms with van der Waals surface area (Å²) in [5.74, 6) is 1.04. The molecule has 0 spiro atoms. The number of rotatable bonds is 8. The molecule has 0 bridgehead atoms. The van der Waals surface area contributed by atoms with E-state index in [9.17, 15) is 0 Å². The van der Waals surface area contributed by atoms with E-state index in [2.05, 4.69) is 33.0 Å². The molecule has 1 fully saturated rings. The van der Waals surface area contributed by atoms with Crippen LogP contribution in [0.15, 0.2) is 0 Å². The highest BCUT2D eigenvalue weighted by Gasteiger charge is 2.28. The van der Waals surface area contributed by atoms with Gasteiger partial charge in [-0.15, -0.1) is 0 Å². The highest BCUT2D eigenvalue weighted by molar-refractivity contribution is 4.84. The number of hydrogen-bond acceptors (Lipinski definition) is 1. The summed E-state index contributed by atoms with van der Waals surface area (Å²) in [7, 11) is 0. The van der Waals surface area contributed by atoms with Crippen molar-refractivity contribution < 1.29 is 0 Å². The minimum Gasteiger partial charge on any atom is -0.313 e. The van der Waals surface area contributed by atoms with E-state index in [4.69, 9.17) is 0 Å². The summed E-state index contributed by atoms with van der Waals surface area (Å²) in [5, 5.41) is 3.78. The van der Waals surface area contributed by atoms with Gasteiger partial charge in [0.25, 0.3) is 0 Å². The highest BCUT2D eigenvalue weighted by atomic mass is 14.9. The Morgan fingerprint density at radius 1 is 1.18 bits per heavy atom. The molecule has 102 valence electrons. The van der Waals surface area contributed by atoms with Gasteiger partial charge in [-0.3, -0.25) is 0 Å². The fraction of sp³-hybridized carbons (Fsp3) is 1.00. The molecule has 1 aliphatic carbocycles. The summed E-state index contributed by atoms with van der Waals surface area (Å²) in [4.78, 5) is 0. The second-order valence-electron chi connectivity index (χ2n) is 6.58. The first-order chi connectivity index (χ1) is 8.10. The Bertz CT molecular complexity index is 192. The average Bonchev–Trinajstić information content (AvgIpc) is 2.82. The summed E-state index contributed by atoms with van der Waals surface area (Å²) in [6.45, 7) is 10.6. The monoisotopic (exact) mass is 239 g/mol. The molecule has 17 heavy (non-hydrogen) atoms. The Morgan fingerprint density at radius 3 is 2.35 bits per heavy atom. The standard InChI is InChI=1S/C16H33N/c1-5-13-17-15(16(3,4)6-2)12-11-14-9-7-8-10-14/h14-15,17H,5-13H2,1-4H3. The Kier molecular flexibility index (Phi) is 6.54. The van der Waals surface area contributed by atoms with E-state index >= 15 is 0 Å². The number of hydrogen-bond donors (Lipinski definition) is 1. The van der Waals surface area contributed by atoms with Crippen molar-refractivity contribution in [2.45, 2.75) is 85.1 Å². The van der Waals surface area contributed by atoms with Gasteiger partial charge in [0.2, 0.25) is 0 Å². The lowest BCUT2D eigenvalue weighted by Crippen LogP contribution is -2.42. The first-order valence-corrected chi connectivity index (χ1v) is 7.83. The Hall–Kier alpha value is -0.0400. The highest BCUT2D eigenvalue weighted by Crippen LogP contribution is 2.33. The predicted molar refractivity (Wildman–Crippen MR) is 77.3 cm³/mol. The molecular weight excluding hydrogens is 206 g/mol. The average molecular weight is 239 g/mol. The van der Waals surface area contributed by atoms with Crippen molar-refractivity contribution in [3.05, 3.63) is 0 Å². The third-order valence-corrected chi connectivity index (χ3v) is 4.83. The van der Waals surface area contributed by atoms with Gasteiger partial charge in [-0.25, -0.2) is 0 Å². The topological polar surface area (TPSA) is 12.0 Å². The molecule has 1 atom stereocenters. The zero-order chi connectivity index (χ0) is 12.7. The lowest BCUT2D eigenvalue weighted by Gasteiger charge is -2.35. The third-order valence-electron chi connectivity index (χ3n) is 4.83. The van der Waals surface area contributed by atoms with E-state index in [1.807, 2.05) is 0 Å². The first-order valence-electron chi connectivity index (χ1n) is 7.83. The molecule has 1 unspecified atom stereocenters. The Labute approximate surface area is 109 Å². The van der Waals surface area contributed by atoms with Crippen molar-refractivity contribution >= 4 is 0 Å². The van der Waals surface area contributed by atoms with Crippen LogP contribution in [-0.4, -0.2) is 12.6 Å². The van der Waals surface area contributed by atoms with E-state index < -0.39 is 0 Å². The fourth-order valence-electron chi connectivity index (χ4n) is 3.04. The van der Waals surface area contributed by atoms with Gasteiger partial charge < -0.3 is 5.32 Å². The molecule has 0 saturated heterocycles. The van der Waals surface area contributed by atoms with Crippen LogP contribution in [0.5, 0.6) is 0 Å². The van der Waals surface area contributed by atoms with Crippen molar-refractivity contribution in [2.24, 2.45) is 11.3 Å². The van der Waals surface area contributed by atoms with Gasteiger partial charge in [0, 0.05) is 6.04 Å². The molecule has 0 amide bonds. The second kappa shape index (κ2) is 7.41. The van der Waals surface area contributed by atoms with Gasteiger partial charge >= 0.3 is 0 Å². The van der Waals surface area contributed by atoms with Crippen LogP contribution in [0.25, 0.3) is 0 Å². The quantitative estimate of drug-likeness (QED) is 0.644. The largest absolute Gasteiger partial charge is 0.313 e. The van der Waals surface area contributed by atoms with Crippen molar-refractivity contribution in [3.8, 4) is 0 Å². The van der Waals surface area contributed by atoms with Crippen LogP contribution in [0, 0.1) is 11.3 Å². The molecule has 1 N–H and O–H groups in total. The summed E-state index contributed by atoms with van der Waals surface area (Å²) < 4.78 is 0. The molecule has 1 nitrogen and oxygen atoms in total. The van der Waals surface area contributed by atoms with Crippen LogP contribution >= 0.6 is 0 Å². The molecule has 1 heteroatoms. The lowest BCUT2D eigenvalue weighted by molar-refractivity contribution is 0.209. The fourth-order valence-corrected chi connectivity index (χ4v) is 3.04. The van der Waals surface area contributed by atoms with E-state index in [0.29, 0.717) is 11.5 Å². The molecule has 1 aliphatic rings. The molecular formula is C16H33N. The lowest BCUT2D eigenvalue weighted by atomic mass is 9.78. The normalized spacial score (nSPS) is 19.8. The summed E-state index contributed by atoms with van der Waals surface area (Å²) in [6.07, 6.45) is 11.3. The van der Waals surface area contributed by atoms with E-state index in [0.717, 1.165) is 5.92 Å². The molecule has 0 aromatic carbocycles. The second-order valence-corrected chi connectivity index (χ2v) is 6.58. The molecule has 1 saturated carbocycles. The minimum absolute atomic E-state index is 0.452. The van der Waals surface area contributed by atoms with E-state index in [1.165, 1.54) is 57.9 Å². The maximum Gasteiger partial charge on any atom is 0.0118 e. The molecule has 0 aliphatic heterocycles. The predicted octanol–water partition coefficient (Wildman–Crippen LogP) is 4.76. The van der Waals surface area contributed by atoms with Crippen LogP contribution < -0.4 is 5.32 Å². The smallest absolute Gasteiger partial charge is 0.0118 e. The zero-order valence-corrected chi connectivity index (χ0v) is 12.5. The Balaban J connectivity index is 2.38. The first kappa shape index (κ1) is 15.0. The van der Waals surface area contributed by atoms with Crippen LogP contribution in [0.2, 0.25) is 0 Å². The van der Waals surface area contributed by atoms with Crippen LogP contribution in [0.1, 0.15) is 79.1 Å². The SMILES string of the molecule is CCCNC(CCC1CCCC1)C(C)(C)CC. The summed E-state index contributed by atoms with van der Waals surface area (Å²) >= 11 is 0. The van der Waals surface area contributed by atoms with Crippen molar-refractivity contribution in [1.82, 2.24) is 5.32 Å². The van der Waals surface area contributed by atoms with Gasteiger partial charge in [-0.1, -0.05) is 53.4 Å². The minimum atomic E-state index is 0.452. The van der Waals surface area contributed by atoms with Gasteiger partial charge in [0.15, 0.2) is 0 Å². The van der Waals surface area contributed by atoms with Crippen LogP contribution in [0.3, 0.4) is 0 Å². The molecule has 1 rings (SSSR count). The van der Waals surface area contributed by atoms with Gasteiger partial charge in [0.05, 0.1) is 0 Å². The maximum atomic E-state index is 3.78. The van der Waals surface area contributed by atoms with Gasteiger partial charge in [0.1, 0.15) is 0 Å². The summed E-state index contributed by atoms with van der Waals surface area (Å²) in [5.41, 5.74) is 0.452. The zero-order valence-electron chi connectivity index (χ0n) is 12.5. The van der Waals surface area contributed by atoms with Crippen LogP contribution in [0.4, 0.5) is 0 Å². The molecule has 0 aromatic heterocycles. The maximum absolute atomic E-state index is 3.78. The molecule has 0 aromatic rings. The van der Waals surface area contributed by atoms with Gasteiger partial charge in [-0.05, 0) is 43.6 Å². The number of nitrogens with one attached hydrogen (secondary N) is 1. The van der Waals surface area contributed by atoms with Crippen LogP contribution in [-0.2, 0) is 0 Å². The van der Waals surface area contributed by atoms with Crippen molar-refractivity contribution in [1.29, 1.82) is 0 Å². The van der Waals surface area contributed by atoms with E-state index in [1.54, 1.807) is 0 Å². The van der Waals surface area contributed by atoms with E-state index in [-0.39, 0.29) is 0 Å². The van der Waals surface area contributed by atoms with Crippen molar-refractivity contribution in [2.75, 3.05) is 6.54 Å². The Morgan fingerprint density at radius 2 is 1.82 bits per heavy atom. The summed E-state index contributed by atoms with van der Waals surface area (Å²) in [6, 6.07) is 0.716. The van der Waals surface area contributed by atoms with Gasteiger partial charge in [-0.2, -0.15) is 0 Å².